The molecule has 1 atom stereocenters. The summed E-state index contributed by atoms with van der Waals surface area (Å²) in [6, 6.07) is 3.91. The van der Waals surface area contributed by atoms with Gasteiger partial charge in [-0.2, -0.15) is 0 Å². The highest BCUT2D eigenvalue weighted by atomic mass is 32.1. The summed E-state index contributed by atoms with van der Waals surface area (Å²) >= 11 is 1.62. The summed E-state index contributed by atoms with van der Waals surface area (Å²) < 4.78 is 0. The number of hydrogen-bond acceptors (Lipinski definition) is 4. The van der Waals surface area contributed by atoms with Crippen LogP contribution < -0.4 is 5.32 Å². The van der Waals surface area contributed by atoms with Gasteiger partial charge in [-0.25, -0.2) is 0 Å². The highest BCUT2D eigenvalue weighted by Crippen LogP contribution is 2.34. The van der Waals surface area contributed by atoms with Crippen LogP contribution in [0.3, 0.4) is 0 Å². The number of carbonyl (C=O) groups is 2. The van der Waals surface area contributed by atoms with Gasteiger partial charge in [-0.05, 0) is 29.8 Å². The second kappa shape index (κ2) is 8.29. The minimum atomic E-state index is -0.910. The average Bonchev–Trinajstić information content (AvgIpc) is 2.87. The lowest BCUT2D eigenvalue weighted by molar-refractivity contribution is -0.138. The first-order chi connectivity index (χ1) is 10.2. The van der Waals surface area contributed by atoms with Gasteiger partial charge in [0.25, 0.3) is 0 Å². The van der Waals surface area contributed by atoms with Gasteiger partial charge in [0.1, 0.15) is 0 Å². The maximum Gasteiger partial charge on any atom is 0.317 e. The molecule has 1 heterocycles. The van der Waals surface area contributed by atoms with E-state index < -0.39 is 5.97 Å². The lowest BCUT2D eigenvalue weighted by Gasteiger charge is -2.31. The van der Waals surface area contributed by atoms with E-state index >= 15 is 0 Å². The van der Waals surface area contributed by atoms with Gasteiger partial charge in [0.2, 0.25) is 5.91 Å². The summed E-state index contributed by atoms with van der Waals surface area (Å²) in [5.74, 6) is -1.05. The number of rotatable bonds is 8. The molecule has 1 aromatic rings. The minimum absolute atomic E-state index is 0.0756. The fourth-order valence-electron chi connectivity index (χ4n) is 2.30. The number of amides is 1. The topological polar surface area (TPSA) is 69.6 Å². The van der Waals surface area contributed by atoms with Crippen molar-refractivity contribution in [2.24, 2.45) is 5.41 Å². The Kier molecular flexibility index (Phi) is 7.03. The zero-order valence-corrected chi connectivity index (χ0v) is 14.6. The van der Waals surface area contributed by atoms with Crippen molar-refractivity contribution >= 4 is 23.2 Å². The summed E-state index contributed by atoms with van der Waals surface area (Å²) in [5, 5.41) is 14.0. The van der Waals surface area contributed by atoms with Gasteiger partial charge in [-0.15, -0.1) is 11.3 Å². The highest BCUT2D eigenvalue weighted by molar-refractivity contribution is 7.10. The number of nitrogens with one attached hydrogen (secondary N) is 1. The van der Waals surface area contributed by atoms with Crippen LogP contribution in [0.1, 0.15) is 45.0 Å². The average molecular weight is 326 g/mol. The lowest BCUT2D eigenvalue weighted by Crippen LogP contribution is -2.43. The Bertz CT molecular complexity index is 480. The van der Waals surface area contributed by atoms with Crippen molar-refractivity contribution in [2.75, 3.05) is 19.6 Å². The normalized spacial score (nSPS) is 13.1. The molecule has 0 spiro atoms. The van der Waals surface area contributed by atoms with Crippen LogP contribution in [0.4, 0.5) is 0 Å². The molecule has 1 unspecified atom stereocenters. The van der Waals surface area contributed by atoms with Crippen molar-refractivity contribution in [2.45, 2.75) is 40.2 Å². The van der Waals surface area contributed by atoms with E-state index in [1.54, 1.807) is 16.2 Å². The van der Waals surface area contributed by atoms with E-state index in [1.807, 2.05) is 24.4 Å². The van der Waals surface area contributed by atoms with Crippen molar-refractivity contribution in [1.82, 2.24) is 10.2 Å². The Balaban J connectivity index is 2.72. The molecular formula is C16H26N2O3S. The fourth-order valence-corrected chi connectivity index (χ4v) is 3.32. The molecule has 2 N–H and O–H groups in total. The van der Waals surface area contributed by atoms with Crippen LogP contribution in [0, 0.1) is 5.41 Å². The Morgan fingerprint density at radius 3 is 2.50 bits per heavy atom. The van der Waals surface area contributed by atoms with Crippen LogP contribution in [0.2, 0.25) is 0 Å². The number of carbonyl (C=O) groups excluding carboxylic acids is 1. The summed E-state index contributed by atoms with van der Waals surface area (Å²) in [6.07, 6.45) is 0.814. The lowest BCUT2D eigenvalue weighted by atomic mass is 9.85. The molecular weight excluding hydrogens is 300 g/mol. The molecule has 1 aromatic heterocycles. The summed E-state index contributed by atoms with van der Waals surface area (Å²) in [4.78, 5) is 26.0. The molecule has 0 saturated carbocycles. The van der Waals surface area contributed by atoms with E-state index in [2.05, 4.69) is 26.1 Å². The molecule has 0 aliphatic rings. The zero-order valence-electron chi connectivity index (χ0n) is 13.8. The third-order valence-corrected chi connectivity index (χ3v) is 4.20. The molecule has 5 nitrogen and oxygen atoms in total. The van der Waals surface area contributed by atoms with Crippen molar-refractivity contribution in [1.29, 1.82) is 0 Å². The van der Waals surface area contributed by atoms with Gasteiger partial charge in [-0.3, -0.25) is 14.5 Å². The molecule has 0 radical (unpaired) electrons. The number of hydrogen-bond donors (Lipinski definition) is 2. The van der Waals surface area contributed by atoms with E-state index in [0.717, 1.165) is 11.3 Å². The molecule has 0 aliphatic carbocycles. The number of carboxylic acids is 1. The standard InChI is InChI=1S/C16H26N2O3S/c1-5-8-18(11-14(20)21)10-13(19)17-15(16(2,3)4)12-7-6-9-22-12/h6-7,9,15H,5,8,10-11H2,1-4H3,(H,17,19)(H,20,21). The predicted molar refractivity (Wildman–Crippen MR) is 89.0 cm³/mol. The molecule has 1 amide bonds. The Hall–Kier alpha value is -1.40. The minimum Gasteiger partial charge on any atom is -0.480 e. The first-order valence-corrected chi connectivity index (χ1v) is 8.39. The van der Waals surface area contributed by atoms with E-state index in [1.165, 1.54) is 0 Å². The molecule has 124 valence electrons. The fraction of sp³-hybridized carbons (Fsp3) is 0.625. The van der Waals surface area contributed by atoms with E-state index in [9.17, 15) is 9.59 Å². The van der Waals surface area contributed by atoms with Crippen molar-refractivity contribution < 1.29 is 14.7 Å². The quantitative estimate of drug-likeness (QED) is 0.771. The highest BCUT2D eigenvalue weighted by Gasteiger charge is 2.29. The number of aliphatic carboxylic acids is 1. The van der Waals surface area contributed by atoms with Crippen LogP contribution in [-0.4, -0.2) is 41.5 Å². The summed E-state index contributed by atoms with van der Waals surface area (Å²) in [6.45, 7) is 8.81. The van der Waals surface area contributed by atoms with E-state index in [-0.39, 0.29) is 30.5 Å². The van der Waals surface area contributed by atoms with Crippen molar-refractivity contribution in [3.63, 3.8) is 0 Å². The van der Waals surface area contributed by atoms with Crippen LogP contribution in [0.25, 0.3) is 0 Å². The maximum absolute atomic E-state index is 12.3. The van der Waals surface area contributed by atoms with Gasteiger partial charge in [0.15, 0.2) is 0 Å². The summed E-state index contributed by atoms with van der Waals surface area (Å²) in [7, 11) is 0. The molecule has 1 rings (SSSR count). The number of carboxylic acid groups (broad SMARTS) is 1. The molecule has 22 heavy (non-hydrogen) atoms. The Morgan fingerprint density at radius 1 is 1.36 bits per heavy atom. The SMILES string of the molecule is CCCN(CC(=O)O)CC(=O)NC(c1cccs1)C(C)(C)C. The zero-order chi connectivity index (χ0) is 16.8. The number of nitrogens with zero attached hydrogens (tertiary/aromatic N) is 1. The van der Waals surface area contributed by atoms with Gasteiger partial charge in [0.05, 0.1) is 19.1 Å². The molecule has 0 aromatic carbocycles. The third-order valence-electron chi connectivity index (χ3n) is 3.26. The maximum atomic E-state index is 12.3. The van der Waals surface area contributed by atoms with Gasteiger partial charge in [-0.1, -0.05) is 33.8 Å². The van der Waals surface area contributed by atoms with Crippen LogP contribution in [0.5, 0.6) is 0 Å². The third kappa shape index (κ3) is 6.15. The van der Waals surface area contributed by atoms with Crippen LogP contribution >= 0.6 is 11.3 Å². The van der Waals surface area contributed by atoms with Crippen LogP contribution in [-0.2, 0) is 9.59 Å². The first kappa shape index (κ1) is 18.6. The molecule has 6 heteroatoms. The monoisotopic (exact) mass is 326 g/mol. The van der Waals surface area contributed by atoms with Gasteiger partial charge in [0, 0.05) is 4.88 Å². The predicted octanol–water partition coefficient (Wildman–Crippen LogP) is 2.75. The van der Waals surface area contributed by atoms with Gasteiger partial charge < -0.3 is 10.4 Å². The van der Waals surface area contributed by atoms with E-state index in [0.29, 0.717) is 6.54 Å². The molecule has 0 bridgehead atoms. The van der Waals surface area contributed by atoms with Crippen LogP contribution in [0.15, 0.2) is 17.5 Å². The molecule has 0 aliphatic heterocycles. The molecule has 0 saturated heterocycles. The summed E-state index contributed by atoms with van der Waals surface area (Å²) in [5.41, 5.74) is -0.108. The molecule has 0 fully saturated rings. The van der Waals surface area contributed by atoms with Crippen molar-refractivity contribution in [3.05, 3.63) is 22.4 Å². The van der Waals surface area contributed by atoms with E-state index in [4.69, 9.17) is 5.11 Å². The number of thiophene rings is 1. The second-order valence-electron chi connectivity index (χ2n) is 6.49. The second-order valence-corrected chi connectivity index (χ2v) is 7.47. The largest absolute Gasteiger partial charge is 0.480 e. The first-order valence-electron chi connectivity index (χ1n) is 7.51. The Labute approximate surface area is 136 Å². The Morgan fingerprint density at radius 2 is 2.05 bits per heavy atom. The van der Waals surface area contributed by atoms with Gasteiger partial charge >= 0.3 is 5.97 Å². The smallest absolute Gasteiger partial charge is 0.317 e. The van der Waals surface area contributed by atoms with Crippen molar-refractivity contribution in [3.8, 4) is 0 Å².